The van der Waals surface area contributed by atoms with Crippen molar-refractivity contribution in [2.24, 2.45) is 28.6 Å². The van der Waals surface area contributed by atoms with E-state index >= 15 is 0 Å². The summed E-state index contributed by atoms with van der Waals surface area (Å²) in [4.78, 5) is 25.5. The van der Waals surface area contributed by atoms with E-state index in [4.69, 9.17) is 4.74 Å². The van der Waals surface area contributed by atoms with E-state index < -0.39 is 24.0 Å². The lowest BCUT2D eigenvalue weighted by Crippen LogP contribution is -2.58. The lowest BCUT2D eigenvalue weighted by atomic mass is 9.46. The second-order valence-corrected chi connectivity index (χ2v) is 10.2. The molecule has 5 heteroatoms. The van der Waals surface area contributed by atoms with Gasteiger partial charge in [-0.15, -0.1) is 0 Å². The Bertz CT molecular complexity index is 739. The maximum Gasteiger partial charge on any atom is 0.331 e. The monoisotopic (exact) mass is 417 g/mol. The van der Waals surface area contributed by atoms with Crippen LogP contribution in [0.2, 0.25) is 0 Å². The highest BCUT2D eigenvalue weighted by molar-refractivity contribution is 5.88. The van der Waals surface area contributed by atoms with Gasteiger partial charge in [0, 0.05) is 0 Å². The average Bonchev–Trinajstić information content (AvgIpc) is 2.71. The van der Waals surface area contributed by atoms with Gasteiger partial charge in [0.15, 0.2) is 6.04 Å². The molecule has 0 aromatic heterocycles. The molecule has 1 saturated carbocycles. The number of rotatable bonds is 6. The van der Waals surface area contributed by atoms with Crippen LogP contribution in [0.3, 0.4) is 0 Å². The maximum atomic E-state index is 13.4. The molecule has 5 nitrogen and oxygen atoms in total. The fourth-order valence-corrected chi connectivity index (χ4v) is 6.36. The first-order valence-electron chi connectivity index (χ1n) is 11.7. The minimum Gasteiger partial charge on any atom is -0.464 e. The van der Waals surface area contributed by atoms with Crippen LogP contribution in [0.1, 0.15) is 73.1 Å². The predicted molar refractivity (Wildman–Crippen MR) is 118 cm³/mol. The van der Waals surface area contributed by atoms with Crippen LogP contribution in [0.4, 0.5) is 0 Å². The van der Waals surface area contributed by atoms with E-state index in [1.165, 1.54) is 11.1 Å². The van der Waals surface area contributed by atoms with Gasteiger partial charge in [0.1, 0.15) is 0 Å². The minimum absolute atomic E-state index is 0.0755. The van der Waals surface area contributed by atoms with Gasteiger partial charge in [-0.25, -0.2) is 4.79 Å². The largest absolute Gasteiger partial charge is 0.464 e. The van der Waals surface area contributed by atoms with Gasteiger partial charge in [-0.1, -0.05) is 51.8 Å². The second-order valence-electron chi connectivity index (χ2n) is 10.2. The fourth-order valence-electron chi connectivity index (χ4n) is 6.36. The summed E-state index contributed by atoms with van der Waals surface area (Å²) in [5.74, 6) is 0.600. The van der Waals surface area contributed by atoms with Crippen molar-refractivity contribution in [1.82, 2.24) is 5.32 Å². The van der Waals surface area contributed by atoms with E-state index in [1.54, 1.807) is 6.92 Å². The Kier molecular flexibility index (Phi) is 6.81. The highest BCUT2D eigenvalue weighted by Crippen LogP contribution is 2.62. The first kappa shape index (κ1) is 23.1. The number of fused-ring (bicyclic) bond motifs is 3. The van der Waals surface area contributed by atoms with Crippen LogP contribution in [0.25, 0.3) is 0 Å². The summed E-state index contributed by atoms with van der Waals surface area (Å²) in [7, 11) is 0. The summed E-state index contributed by atoms with van der Waals surface area (Å²) in [5, 5.41) is 12.4. The van der Waals surface area contributed by atoms with Gasteiger partial charge in [-0.2, -0.15) is 0 Å². The molecule has 30 heavy (non-hydrogen) atoms. The highest BCUT2D eigenvalue weighted by Gasteiger charge is 2.57. The lowest BCUT2D eigenvalue weighted by Gasteiger charge is -2.57. The summed E-state index contributed by atoms with van der Waals surface area (Å²) in [5.41, 5.74) is 2.52. The second kappa shape index (κ2) is 8.86. The van der Waals surface area contributed by atoms with Crippen molar-refractivity contribution in [3.63, 3.8) is 0 Å². The molecule has 0 bridgehead atoms. The number of esters is 1. The van der Waals surface area contributed by atoms with Crippen molar-refractivity contribution in [2.45, 2.75) is 79.2 Å². The fraction of sp³-hybridized carbons (Fsp3) is 0.760. The quantitative estimate of drug-likeness (QED) is 0.636. The van der Waals surface area contributed by atoms with Crippen LogP contribution in [0, 0.1) is 28.6 Å². The minimum atomic E-state index is -0.997. The number of carbonyl (C=O) groups excluding carboxylic acids is 2. The molecule has 0 unspecified atom stereocenters. The van der Waals surface area contributed by atoms with E-state index in [0.717, 1.165) is 38.5 Å². The molecule has 3 aliphatic rings. The van der Waals surface area contributed by atoms with Crippen LogP contribution in [0.5, 0.6) is 0 Å². The van der Waals surface area contributed by atoms with E-state index in [2.05, 4.69) is 45.2 Å². The third kappa shape index (κ3) is 3.98. The van der Waals surface area contributed by atoms with Gasteiger partial charge in [-0.05, 0) is 67.8 Å². The lowest BCUT2D eigenvalue weighted by molar-refractivity contribution is -0.154. The zero-order chi connectivity index (χ0) is 22.1. The molecule has 0 radical (unpaired) electrons. The molecule has 2 N–H and O–H groups in total. The summed E-state index contributed by atoms with van der Waals surface area (Å²) in [6, 6.07) is -0.997. The number of allylic oxidation sites excluding steroid dienone is 4. The summed E-state index contributed by atoms with van der Waals surface area (Å²) < 4.78 is 5.01. The summed E-state index contributed by atoms with van der Waals surface area (Å²) >= 11 is 0. The van der Waals surface area contributed by atoms with Crippen molar-refractivity contribution in [3.05, 3.63) is 23.3 Å². The van der Waals surface area contributed by atoms with Gasteiger partial charge >= 0.3 is 5.97 Å². The van der Waals surface area contributed by atoms with E-state index in [1.807, 2.05) is 0 Å². The number of ether oxygens (including phenoxy) is 1. The topological polar surface area (TPSA) is 75.6 Å². The Morgan fingerprint density at radius 3 is 2.67 bits per heavy atom. The number of carbonyl (C=O) groups is 2. The molecule has 0 aromatic carbocycles. The maximum absolute atomic E-state index is 13.4. The van der Waals surface area contributed by atoms with Gasteiger partial charge in [0.2, 0.25) is 5.91 Å². The molecule has 1 amide bonds. The normalized spacial score (nSPS) is 34.2. The molecule has 5 atom stereocenters. The third-order valence-electron chi connectivity index (χ3n) is 8.16. The standard InChI is InChI=1S/C25H39NO4/c1-6-30-22(28)20(15-27)26-23(29)25(5)13-7-12-24(4)19-10-8-17(16(2)3)14-18(19)9-11-21(24)25/h9,14,16,19-21,27H,6-8,10-13,15H2,1-5H3,(H,26,29)/t19-,20-,21+,24+,25+/m0/s1. The van der Waals surface area contributed by atoms with Crippen LogP contribution < -0.4 is 5.32 Å². The highest BCUT2D eigenvalue weighted by atomic mass is 16.5. The smallest absolute Gasteiger partial charge is 0.331 e. The molecule has 0 spiro atoms. The van der Waals surface area contributed by atoms with E-state index in [0.29, 0.717) is 11.8 Å². The molecule has 168 valence electrons. The molecule has 0 saturated heterocycles. The van der Waals surface area contributed by atoms with Crippen molar-refractivity contribution in [1.29, 1.82) is 0 Å². The molecule has 0 aliphatic heterocycles. The van der Waals surface area contributed by atoms with Crippen LogP contribution >= 0.6 is 0 Å². The number of amides is 1. The van der Waals surface area contributed by atoms with Crippen molar-refractivity contribution < 1.29 is 19.4 Å². The molecular formula is C25H39NO4. The number of hydrogen-bond donors (Lipinski definition) is 2. The van der Waals surface area contributed by atoms with E-state index in [9.17, 15) is 14.7 Å². The Hall–Kier alpha value is -1.62. The number of hydrogen-bond acceptors (Lipinski definition) is 4. The Labute approximate surface area is 181 Å². The molecule has 0 heterocycles. The van der Waals surface area contributed by atoms with Crippen LogP contribution in [0.15, 0.2) is 23.3 Å². The van der Waals surface area contributed by atoms with Crippen molar-refractivity contribution in [2.75, 3.05) is 13.2 Å². The first-order chi connectivity index (χ1) is 14.2. The van der Waals surface area contributed by atoms with Gasteiger partial charge in [0.05, 0.1) is 18.6 Å². The van der Waals surface area contributed by atoms with Crippen LogP contribution in [-0.4, -0.2) is 36.2 Å². The zero-order valence-electron chi connectivity index (χ0n) is 19.3. The summed E-state index contributed by atoms with van der Waals surface area (Å²) in [6.45, 7) is 10.5. The number of nitrogens with one attached hydrogen (secondary N) is 1. The zero-order valence-corrected chi connectivity index (χ0v) is 19.3. The first-order valence-corrected chi connectivity index (χ1v) is 11.7. The Balaban J connectivity index is 1.86. The van der Waals surface area contributed by atoms with Gasteiger partial charge in [0.25, 0.3) is 0 Å². The Morgan fingerprint density at radius 2 is 2.03 bits per heavy atom. The van der Waals surface area contributed by atoms with E-state index in [-0.39, 0.29) is 23.8 Å². The Morgan fingerprint density at radius 1 is 1.30 bits per heavy atom. The summed E-state index contributed by atoms with van der Waals surface area (Å²) in [6.07, 6.45) is 10.9. The van der Waals surface area contributed by atoms with Gasteiger partial charge in [-0.3, -0.25) is 4.79 Å². The number of aliphatic hydroxyl groups is 1. The van der Waals surface area contributed by atoms with Crippen LogP contribution in [-0.2, 0) is 14.3 Å². The molecule has 3 rings (SSSR count). The van der Waals surface area contributed by atoms with Gasteiger partial charge < -0.3 is 15.2 Å². The SMILES string of the molecule is CCOC(=O)[C@H](CO)NC(=O)[C@]1(C)CCC[C@@]2(C)[C@H]1CC=C1C=C(C(C)C)CC[C@@H]12. The van der Waals surface area contributed by atoms with Crippen molar-refractivity contribution in [3.8, 4) is 0 Å². The molecule has 0 aromatic rings. The number of aliphatic hydroxyl groups excluding tert-OH is 1. The molecule has 3 aliphatic carbocycles. The molecule has 1 fully saturated rings. The average molecular weight is 418 g/mol. The van der Waals surface area contributed by atoms with Crippen molar-refractivity contribution >= 4 is 11.9 Å². The predicted octanol–water partition coefficient (Wildman–Crippen LogP) is 4.16. The molecular weight excluding hydrogens is 378 g/mol. The third-order valence-corrected chi connectivity index (χ3v) is 8.16.